The van der Waals surface area contributed by atoms with Crippen molar-refractivity contribution >= 4 is 17.9 Å². The Balaban J connectivity index is -0.000000435. The van der Waals surface area contributed by atoms with Crippen molar-refractivity contribution in [3.8, 4) is 0 Å². The highest BCUT2D eigenvalue weighted by Gasteiger charge is 2.13. The largest absolute Gasteiger partial charge is 0.478 e. The summed E-state index contributed by atoms with van der Waals surface area (Å²) in [5.74, 6) is -1.44. The van der Waals surface area contributed by atoms with Gasteiger partial charge >= 0.3 is 17.9 Å². The molecule has 0 aromatic rings. The van der Waals surface area contributed by atoms with E-state index in [9.17, 15) is 14.4 Å². The Morgan fingerprint density at radius 3 is 1.76 bits per heavy atom. The van der Waals surface area contributed by atoms with Crippen LogP contribution in [-0.2, 0) is 19.1 Å². The van der Waals surface area contributed by atoms with Gasteiger partial charge in [-0.15, -0.1) is 0 Å². The molecule has 0 aliphatic carbocycles. The molecule has 1 atom stereocenters. The summed E-state index contributed by atoms with van der Waals surface area (Å²) in [7, 11) is 3.92. The van der Waals surface area contributed by atoms with E-state index in [1.807, 2.05) is 39.8 Å². The number of aliphatic carboxylic acids is 2. The van der Waals surface area contributed by atoms with E-state index >= 15 is 0 Å². The Hall–Kier alpha value is -2.41. The van der Waals surface area contributed by atoms with Gasteiger partial charge in [0.1, 0.15) is 5.60 Å². The second kappa shape index (κ2) is 21.1. The highest BCUT2D eigenvalue weighted by Crippen LogP contribution is 2.20. The summed E-state index contributed by atoms with van der Waals surface area (Å²) >= 11 is 0. The molecule has 0 rings (SSSR count). The Kier molecular flexibility index (Phi) is 22.5. The van der Waals surface area contributed by atoms with E-state index in [-0.39, 0.29) is 5.97 Å². The summed E-state index contributed by atoms with van der Waals surface area (Å²) in [6.45, 7) is 20.9. The average Bonchev–Trinajstić information content (AvgIpc) is 2.72. The molecule has 0 bridgehead atoms. The maximum atomic E-state index is 10.5. The molecule has 1 unspecified atom stereocenters. The van der Waals surface area contributed by atoms with Crippen molar-refractivity contribution in [1.82, 2.24) is 4.90 Å². The van der Waals surface area contributed by atoms with Crippen LogP contribution in [0.3, 0.4) is 0 Å². The predicted molar refractivity (Wildman–Crippen MR) is 140 cm³/mol. The third-order valence-corrected chi connectivity index (χ3v) is 4.66. The predicted octanol–water partition coefficient (Wildman–Crippen LogP) is 6.11. The molecule has 0 saturated carbocycles. The number of hydrogen-bond acceptors (Lipinski definition) is 5. The van der Waals surface area contributed by atoms with Gasteiger partial charge in [-0.3, -0.25) is 0 Å². The molecule has 0 aliphatic heterocycles. The van der Waals surface area contributed by atoms with Crippen molar-refractivity contribution in [3.05, 3.63) is 37.0 Å². The minimum absolute atomic E-state index is 0.298. The van der Waals surface area contributed by atoms with Gasteiger partial charge in [-0.2, -0.15) is 0 Å². The third kappa shape index (κ3) is 27.6. The van der Waals surface area contributed by atoms with Crippen molar-refractivity contribution in [3.63, 3.8) is 0 Å². The van der Waals surface area contributed by atoms with Crippen molar-refractivity contribution in [2.45, 2.75) is 91.6 Å². The molecule has 0 aromatic heterocycles. The van der Waals surface area contributed by atoms with Gasteiger partial charge in [0.2, 0.25) is 0 Å². The number of carbonyl (C=O) groups is 3. The van der Waals surface area contributed by atoms with E-state index in [1.165, 1.54) is 19.3 Å². The van der Waals surface area contributed by atoms with Crippen LogP contribution in [0, 0.1) is 5.92 Å². The fraction of sp³-hybridized carbons (Fsp3) is 0.667. The van der Waals surface area contributed by atoms with Crippen molar-refractivity contribution in [2.75, 3.05) is 20.6 Å². The van der Waals surface area contributed by atoms with Crippen LogP contribution in [0.5, 0.6) is 0 Å². The monoisotopic (exact) mass is 483 g/mol. The standard InChI is InChI=1S/C12H22O2.C8H15NO2.C7H12O2/c1-4-6-7-11(5-2)9-8-10(3)12(13)14;1-7(8(10)11)5-4-6-9(2)3;1-5-6(8)9-7(2,3)4/h11H,3-9H2,1-2H3,(H,13,14);1,4-6H2,2-3H3,(H,10,11);5H,1H2,2-4H3. The Bertz CT molecular complexity index is 632. The van der Waals surface area contributed by atoms with Crippen LogP contribution in [0.15, 0.2) is 37.0 Å². The van der Waals surface area contributed by atoms with Gasteiger partial charge < -0.3 is 19.8 Å². The fourth-order valence-electron chi connectivity index (χ4n) is 2.59. The molecule has 34 heavy (non-hydrogen) atoms. The first-order chi connectivity index (χ1) is 15.6. The number of ether oxygens (including phenoxy) is 1. The average molecular weight is 484 g/mol. The lowest BCUT2D eigenvalue weighted by atomic mass is 9.93. The van der Waals surface area contributed by atoms with Crippen LogP contribution in [0.25, 0.3) is 0 Å². The molecule has 0 fully saturated rings. The summed E-state index contributed by atoms with van der Waals surface area (Å²) in [6, 6.07) is 0. The second-order valence-corrected chi connectivity index (χ2v) is 9.42. The van der Waals surface area contributed by atoms with Gasteiger partial charge in [0.15, 0.2) is 0 Å². The van der Waals surface area contributed by atoms with Gasteiger partial charge in [0.25, 0.3) is 0 Å². The number of nitrogens with zero attached hydrogens (tertiary/aromatic N) is 1. The van der Waals surface area contributed by atoms with Crippen molar-refractivity contribution in [2.24, 2.45) is 5.92 Å². The molecule has 7 heteroatoms. The van der Waals surface area contributed by atoms with Crippen LogP contribution in [0.2, 0.25) is 0 Å². The lowest BCUT2D eigenvalue weighted by molar-refractivity contribution is -0.148. The molecule has 198 valence electrons. The summed E-state index contributed by atoms with van der Waals surface area (Å²) < 4.78 is 4.83. The quantitative estimate of drug-likeness (QED) is 0.227. The Labute approximate surface area is 207 Å². The molecule has 0 radical (unpaired) electrons. The molecular weight excluding hydrogens is 434 g/mol. The second-order valence-electron chi connectivity index (χ2n) is 9.42. The van der Waals surface area contributed by atoms with Crippen LogP contribution < -0.4 is 0 Å². The zero-order valence-electron chi connectivity index (χ0n) is 22.6. The van der Waals surface area contributed by atoms with E-state index in [2.05, 4.69) is 33.6 Å². The van der Waals surface area contributed by atoms with Crippen molar-refractivity contribution < 1.29 is 29.3 Å². The Morgan fingerprint density at radius 2 is 1.44 bits per heavy atom. The zero-order valence-corrected chi connectivity index (χ0v) is 22.6. The van der Waals surface area contributed by atoms with Crippen LogP contribution in [-0.4, -0.2) is 59.3 Å². The summed E-state index contributed by atoms with van der Waals surface area (Å²) in [6.07, 6.45) is 9.04. The molecule has 2 N–H and O–H groups in total. The number of carbonyl (C=O) groups excluding carboxylic acids is 1. The van der Waals surface area contributed by atoms with E-state index in [0.717, 1.165) is 31.9 Å². The topological polar surface area (TPSA) is 104 Å². The van der Waals surface area contributed by atoms with Crippen LogP contribution in [0.1, 0.15) is 86.0 Å². The number of rotatable bonds is 14. The molecule has 0 aliphatic rings. The molecule has 0 aromatic carbocycles. The highest BCUT2D eigenvalue weighted by molar-refractivity contribution is 5.86. The number of unbranched alkanes of at least 4 members (excludes halogenated alkanes) is 1. The number of hydrogen-bond donors (Lipinski definition) is 2. The molecule has 0 spiro atoms. The number of esters is 1. The molecule has 0 amide bonds. The molecular formula is C27H49NO6. The van der Waals surface area contributed by atoms with E-state index in [4.69, 9.17) is 14.9 Å². The van der Waals surface area contributed by atoms with Gasteiger partial charge in [-0.05, 0) is 73.0 Å². The van der Waals surface area contributed by atoms with Crippen LogP contribution >= 0.6 is 0 Å². The molecule has 7 nitrogen and oxygen atoms in total. The zero-order chi connectivity index (χ0) is 27.3. The first-order valence-electron chi connectivity index (χ1n) is 11.9. The fourth-order valence-corrected chi connectivity index (χ4v) is 2.59. The Morgan fingerprint density at radius 1 is 0.941 bits per heavy atom. The van der Waals surface area contributed by atoms with E-state index in [1.54, 1.807) is 0 Å². The minimum Gasteiger partial charge on any atom is -0.478 e. The molecule has 0 saturated heterocycles. The summed E-state index contributed by atoms with van der Waals surface area (Å²) in [5.41, 5.74) is 0.248. The first kappa shape index (κ1) is 36.2. The summed E-state index contributed by atoms with van der Waals surface area (Å²) in [4.78, 5) is 33.3. The van der Waals surface area contributed by atoms with E-state index < -0.39 is 17.5 Å². The number of carboxylic acids is 2. The van der Waals surface area contributed by atoms with Gasteiger partial charge in [0, 0.05) is 17.2 Å². The van der Waals surface area contributed by atoms with E-state index in [0.29, 0.717) is 29.9 Å². The normalized spacial score (nSPS) is 11.2. The minimum atomic E-state index is -0.885. The SMILES string of the molecule is C=C(CCC(CC)CCCC)C(=O)O.C=C(CCCN(C)C)C(=O)O.C=CC(=O)OC(C)(C)C. The summed E-state index contributed by atoms with van der Waals surface area (Å²) in [5, 5.41) is 17.1. The highest BCUT2D eigenvalue weighted by atomic mass is 16.6. The van der Waals surface area contributed by atoms with Gasteiger partial charge in [-0.1, -0.05) is 59.3 Å². The smallest absolute Gasteiger partial charge is 0.330 e. The van der Waals surface area contributed by atoms with Crippen molar-refractivity contribution in [1.29, 1.82) is 0 Å². The third-order valence-electron chi connectivity index (χ3n) is 4.66. The van der Waals surface area contributed by atoms with Gasteiger partial charge in [0.05, 0.1) is 0 Å². The number of carboxylic acid groups (broad SMARTS) is 2. The lowest BCUT2D eigenvalue weighted by Crippen LogP contribution is -2.22. The lowest BCUT2D eigenvalue weighted by Gasteiger charge is -2.17. The maximum Gasteiger partial charge on any atom is 0.330 e. The maximum absolute atomic E-state index is 10.5. The van der Waals surface area contributed by atoms with Gasteiger partial charge in [-0.25, -0.2) is 14.4 Å². The van der Waals surface area contributed by atoms with Crippen LogP contribution in [0.4, 0.5) is 0 Å². The first-order valence-corrected chi connectivity index (χ1v) is 11.9. The molecule has 0 heterocycles.